The number of nitrogens with two attached hydrogens (primary N) is 1. The predicted octanol–water partition coefficient (Wildman–Crippen LogP) is 0.174. The van der Waals surface area contributed by atoms with Crippen LogP contribution < -0.4 is 10.6 Å². The van der Waals surface area contributed by atoms with Crippen LogP contribution in [0.1, 0.15) is 10.4 Å². The van der Waals surface area contributed by atoms with Crippen molar-refractivity contribution in [1.29, 1.82) is 0 Å². The van der Waals surface area contributed by atoms with E-state index in [-0.39, 0.29) is 12.1 Å². The van der Waals surface area contributed by atoms with E-state index >= 15 is 0 Å². The Morgan fingerprint density at radius 2 is 1.80 bits per heavy atom. The zero-order valence-electron chi connectivity index (χ0n) is 11.0. The van der Waals surface area contributed by atoms with E-state index in [4.69, 9.17) is 10.8 Å². The van der Waals surface area contributed by atoms with Crippen molar-refractivity contribution >= 4 is 23.3 Å². The quantitative estimate of drug-likeness (QED) is 0.674. The van der Waals surface area contributed by atoms with Crippen molar-refractivity contribution in [3.05, 3.63) is 23.8 Å². The normalized spacial score (nSPS) is 16.1. The van der Waals surface area contributed by atoms with Gasteiger partial charge in [-0.3, -0.25) is 9.69 Å². The zero-order valence-corrected chi connectivity index (χ0v) is 11.0. The number of hydrogen-bond donors (Lipinski definition) is 3. The molecule has 20 heavy (non-hydrogen) atoms. The molecule has 2 rings (SSSR count). The molecule has 0 unspecified atom stereocenters. The number of carbonyl (C=O) groups is 2. The van der Waals surface area contributed by atoms with Gasteiger partial charge in [0.25, 0.3) is 0 Å². The molecule has 1 fully saturated rings. The van der Waals surface area contributed by atoms with Crippen LogP contribution in [0.25, 0.3) is 0 Å². The minimum Gasteiger partial charge on any atom is -0.480 e. The second-order valence-corrected chi connectivity index (χ2v) is 4.74. The summed E-state index contributed by atoms with van der Waals surface area (Å²) in [6.45, 7) is 2.39. The molecule has 0 bridgehead atoms. The number of benzene rings is 1. The Balaban J connectivity index is 2.11. The van der Waals surface area contributed by atoms with E-state index in [9.17, 15) is 14.7 Å². The van der Waals surface area contributed by atoms with Crippen LogP contribution in [0.4, 0.5) is 11.4 Å². The highest BCUT2D eigenvalue weighted by molar-refractivity contribution is 5.95. The summed E-state index contributed by atoms with van der Waals surface area (Å²) in [7, 11) is 0. The van der Waals surface area contributed by atoms with Gasteiger partial charge in [0.05, 0.1) is 17.8 Å². The molecule has 1 aromatic carbocycles. The lowest BCUT2D eigenvalue weighted by Gasteiger charge is -2.35. The second-order valence-electron chi connectivity index (χ2n) is 4.74. The fourth-order valence-corrected chi connectivity index (χ4v) is 2.34. The van der Waals surface area contributed by atoms with Crippen molar-refractivity contribution in [3.8, 4) is 0 Å². The topological polar surface area (TPSA) is 107 Å². The van der Waals surface area contributed by atoms with Crippen molar-refractivity contribution in [3.63, 3.8) is 0 Å². The molecule has 1 heterocycles. The summed E-state index contributed by atoms with van der Waals surface area (Å²) in [5.74, 6) is -1.86. The summed E-state index contributed by atoms with van der Waals surface area (Å²) in [6, 6.07) is 4.82. The molecule has 0 amide bonds. The summed E-state index contributed by atoms with van der Waals surface area (Å²) >= 11 is 0. The van der Waals surface area contributed by atoms with Crippen LogP contribution in [0, 0.1) is 0 Å². The van der Waals surface area contributed by atoms with Gasteiger partial charge in [-0.2, -0.15) is 0 Å². The molecule has 7 nitrogen and oxygen atoms in total. The number of nitrogen functional groups attached to an aromatic ring is 1. The summed E-state index contributed by atoms with van der Waals surface area (Å²) in [5.41, 5.74) is 6.83. The van der Waals surface area contributed by atoms with E-state index in [2.05, 4.69) is 0 Å². The van der Waals surface area contributed by atoms with Gasteiger partial charge in [-0.05, 0) is 18.2 Å². The molecular formula is C13H17N3O4. The summed E-state index contributed by atoms with van der Waals surface area (Å²) in [4.78, 5) is 25.7. The molecule has 0 aromatic heterocycles. The molecule has 1 saturated heterocycles. The maximum absolute atomic E-state index is 11.3. The van der Waals surface area contributed by atoms with Crippen molar-refractivity contribution in [2.24, 2.45) is 0 Å². The fraction of sp³-hybridized carbons (Fsp3) is 0.385. The number of piperazine rings is 1. The van der Waals surface area contributed by atoms with E-state index in [0.29, 0.717) is 37.6 Å². The first kappa shape index (κ1) is 14.1. The van der Waals surface area contributed by atoms with E-state index < -0.39 is 11.9 Å². The lowest BCUT2D eigenvalue weighted by atomic mass is 10.1. The maximum Gasteiger partial charge on any atom is 0.337 e. The number of anilines is 2. The van der Waals surface area contributed by atoms with E-state index in [1.54, 1.807) is 12.1 Å². The van der Waals surface area contributed by atoms with Crippen LogP contribution in [0.2, 0.25) is 0 Å². The Morgan fingerprint density at radius 1 is 1.15 bits per heavy atom. The first-order valence-corrected chi connectivity index (χ1v) is 6.29. The average Bonchev–Trinajstić information content (AvgIpc) is 2.39. The maximum atomic E-state index is 11.3. The Labute approximate surface area is 116 Å². The minimum atomic E-state index is -1.01. The van der Waals surface area contributed by atoms with Gasteiger partial charge >= 0.3 is 11.9 Å². The molecule has 1 aliphatic heterocycles. The average molecular weight is 279 g/mol. The molecule has 1 aromatic rings. The van der Waals surface area contributed by atoms with Crippen molar-refractivity contribution in [2.45, 2.75) is 0 Å². The molecule has 0 saturated carbocycles. The fourth-order valence-electron chi connectivity index (χ4n) is 2.34. The van der Waals surface area contributed by atoms with Crippen LogP contribution in [0.3, 0.4) is 0 Å². The number of nitrogens with zero attached hydrogens (tertiary/aromatic N) is 2. The van der Waals surface area contributed by atoms with Gasteiger partial charge in [-0.1, -0.05) is 0 Å². The Hall–Kier alpha value is -2.28. The monoisotopic (exact) mass is 279 g/mol. The molecular weight excluding hydrogens is 262 g/mol. The standard InChI is InChI=1S/C13H17N3O4/c14-9-1-2-11(10(7-9)13(19)20)16-5-3-15(4-6-16)8-12(17)18/h1-2,7H,3-6,8,14H2,(H,17,18)(H,19,20). The van der Waals surface area contributed by atoms with Crippen LogP contribution in [-0.2, 0) is 4.79 Å². The van der Waals surface area contributed by atoms with Gasteiger partial charge in [0, 0.05) is 31.9 Å². The third-order valence-electron chi connectivity index (χ3n) is 3.32. The minimum absolute atomic E-state index is 0.0152. The summed E-state index contributed by atoms with van der Waals surface area (Å²) in [6.07, 6.45) is 0. The number of hydrogen-bond acceptors (Lipinski definition) is 5. The van der Waals surface area contributed by atoms with E-state index in [0.717, 1.165) is 0 Å². The smallest absolute Gasteiger partial charge is 0.337 e. The third-order valence-corrected chi connectivity index (χ3v) is 3.32. The third kappa shape index (κ3) is 3.18. The molecule has 7 heteroatoms. The van der Waals surface area contributed by atoms with Crippen molar-refractivity contribution < 1.29 is 19.8 Å². The molecule has 108 valence electrons. The van der Waals surface area contributed by atoms with Crippen LogP contribution >= 0.6 is 0 Å². The van der Waals surface area contributed by atoms with Crippen molar-refractivity contribution in [1.82, 2.24) is 4.90 Å². The van der Waals surface area contributed by atoms with Gasteiger partial charge in [0.2, 0.25) is 0 Å². The molecule has 0 atom stereocenters. The SMILES string of the molecule is Nc1ccc(N2CCN(CC(=O)O)CC2)c(C(=O)O)c1. The van der Waals surface area contributed by atoms with Gasteiger partial charge in [-0.15, -0.1) is 0 Å². The first-order valence-electron chi connectivity index (χ1n) is 6.29. The highest BCUT2D eigenvalue weighted by atomic mass is 16.4. The lowest BCUT2D eigenvalue weighted by molar-refractivity contribution is -0.138. The van der Waals surface area contributed by atoms with Crippen LogP contribution in [-0.4, -0.2) is 59.8 Å². The van der Waals surface area contributed by atoms with Gasteiger partial charge < -0.3 is 20.8 Å². The Kier molecular flexibility index (Phi) is 4.09. The van der Waals surface area contributed by atoms with Gasteiger partial charge in [0.15, 0.2) is 0 Å². The number of aromatic carboxylic acids is 1. The largest absolute Gasteiger partial charge is 0.480 e. The number of aliphatic carboxylic acids is 1. The first-order chi connectivity index (χ1) is 9.47. The lowest BCUT2D eigenvalue weighted by Crippen LogP contribution is -2.48. The highest BCUT2D eigenvalue weighted by Crippen LogP contribution is 2.24. The van der Waals surface area contributed by atoms with Crippen molar-refractivity contribution in [2.75, 3.05) is 43.4 Å². The van der Waals surface area contributed by atoms with E-state index in [1.807, 2.05) is 9.80 Å². The summed E-state index contributed by atoms with van der Waals surface area (Å²) in [5, 5.41) is 18.0. The number of rotatable bonds is 4. The Bertz CT molecular complexity index is 524. The predicted molar refractivity (Wildman–Crippen MR) is 74.1 cm³/mol. The van der Waals surface area contributed by atoms with Crippen LogP contribution in [0.5, 0.6) is 0 Å². The molecule has 0 radical (unpaired) electrons. The molecule has 4 N–H and O–H groups in total. The second kappa shape index (κ2) is 5.79. The molecule has 1 aliphatic rings. The summed E-state index contributed by atoms with van der Waals surface area (Å²) < 4.78 is 0. The van der Waals surface area contributed by atoms with E-state index in [1.165, 1.54) is 6.07 Å². The van der Waals surface area contributed by atoms with Crippen LogP contribution in [0.15, 0.2) is 18.2 Å². The molecule has 0 spiro atoms. The number of carboxylic acid groups (broad SMARTS) is 2. The highest BCUT2D eigenvalue weighted by Gasteiger charge is 2.22. The molecule has 0 aliphatic carbocycles. The number of carboxylic acids is 2. The Morgan fingerprint density at radius 3 is 2.35 bits per heavy atom. The zero-order chi connectivity index (χ0) is 14.7. The van der Waals surface area contributed by atoms with Gasteiger partial charge in [-0.25, -0.2) is 4.79 Å². The van der Waals surface area contributed by atoms with Gasteiger partial charge in [0.1, 0.15) is 0 Å².